The number of nitrogens with one attached hydrogen (secondary N) is 1. The van der Waals surface area contributed by atoms with Gasteiger partial charge in [-0.2, -0.15) is 5.10 Å². The van der Waals surface area contributed by atoms with E-state index in [-0.39, 0.29) is 11.2 Å². The van der Waals surface area contributed by atoms with Crippen LogP contribution in [0.5, 0.6) is 0 Å². The molecule has 0 fully saturated rings. The number of hydrazone groups is 1. The van der Waals surface area contributed by atoms with E-state index in [0.717, 1.165) is 22.5 Å². The van der Waals surface area contributed by atoms with Crippen LogP contribution in [0.25, 0.3) is 0 Å². The number of aryl methyl sites for hydroxylation is 2. The van der Waals surface area contributed by atoms with E-state index in [1.54, 1.807) is 19.0 Å². The number of nitrogens with zero attached hydrogens (tertiary/aromatic N) is 3. The fourth-order valence-electron chi connectivity index (χ4n) is 2.02. The number of rotatable bonds is 2. The summed E-state index contributed by atoms with van der Waals surface area (Å²) >= 11 is 1.41. The van der Waals surface area contributed by atoms with Crippen LogP contribution in [0.2, 0.25) is 0 Å². The van der Waals surface area contributed by atoms with Crippen LogP contribution in [-0.2, 0) is 4.79 Å². The van der Waals surface area contributed by atoms with Gasteiger partial charge in [0.15, 0.2) is 5.17 Å². The Morgan fingerprint density at radius 1 is 1.29 bits per heavy atom. The van der Waals surface area contributed by atoms with Crippen LogP contribution < -0.4 is 5.43 Å². The highest BCUT2D eigenvalue weighted by Gasteiger charge is 2.29. The fourth-order valence-corrected chi connectivity index (χ4v) is 3.02. The smallest absolute Gasteiger partial charge is 0.241 e. The molecule has 21 heavy (non-hydrogen) atoms. The van der Waals surface area contributed by atoms with Crippen molar-refractivity contribution in [3.8, 4) is 0 Å². The van der Waals surface area contributed by atoms with Crippen molar-refractivity contribution >= 4 is 34.2 Å². The Labute approximate surface area is 129 Å². The zero-order valence-electron chi connectivity index (χ0n) is 13.0. The van der Waals surface area contributed by atoms with Crippen molar-refractivity contribution in [2.45, 2.75) is 26.0 Å². The van der Waals surface area contributed by atoms with E-state index in [1.807, 2.05) is 39.0 Å². The van der Waals surface area contributed by atoms with Gasteiger partial charge in [0.1, 0.15) is 5.25 Å². The van der Waals surface area contributed by atoms with Crippen molar-refractivity contribution in [2.75, 3.05) is 14.1 Å². The number of carbonyl (C=O) groups is 1. The lowest BCUT2D eigenvalue weighted by Crippen LogP contribution is -2.41. The number of benzene rings is 1. The van der Waals surface area contributed by atoms with Gasteiger partial charge in [0.25, 0.3) is 0 Å². The molecule has 1 aromatic rings. The first-order valence-electron chi connectivity index (χ1n) is 6.73. The molecule has 1 N–H and O–H groups in total. The summed E-state index contributed by atoms with van der Waals surface area (Å²) in [6.07, 6.45) is 0. The van der Waals surface area contributed by atoms with E-state index in [1.165, 1.54) is 11.8 Å². The van der Waals surface area contributed by atoms with E-state index < -0.39 is 0 Å². The average Bonchev–Trinajstić information content (AvgIpc) is 2.44. The second-order valence-electron chi connectivity index (χ2n) is 5.25. The predicted molar refractivity (Wildman–Crippen MR) is 89.3 cm³/mol. The van der Waals surface area contributed by atoms with Crippen molar-refractivity contribution in [3.05, 3.63) is 29.3 Å². The van der Waals surface area contributed by atoms with Crippen molar-refractivity contribution in [3.63, 3.8) is 0 Å². The second-order valence-corrected chi connectivity index (χ2v) is 6.35. The summed E-state index contributed by atoms with van der Waals surface area (Å²) in [6, 6.07) is 6.06. The molecule has 1 aliphatic heterocycles. The SMILES string of the molecule is CC1=NNC(=Nc2c(C)cccc2C)S[C@H]1C(=O)N(C)C. The van der Waals surface area contributed by atoms with Gasteiger partial charge in [-0.3, -0.25) is 10.2 Å². The Morgan fingerprint density at radius 2 is 1.90 bits per heavy atom. The molecular weight excluding hydrogens is 284 g/mol. The lowest BCUT2D eigenvalue weighted by Gasteiger charge is -2.24. The predicted octanol–water partition coefficient (Wildman–Crippen LogP) is 2.46. The zero-order chi connectivity index (χ0) is 15.6. The first-order valence-corrected chi connectivity index (χ1v) is 7.61. The second kappa shape index (κ2) is 6.30. The maximum Gasteiger partial charge on any atom is 0.241 e. The monoisotopic (exact) mass is 304 g/mol. The standard InChI is InChI=1S/C15H20N4OS/c1-9-7-6-8-10(2)12(9)16-15-18-17-11(3)13(21-15)14(20)19(4)5/h6-8,13H,1-5H3,(H,16,18)/t13-/m1/s1. The fraction of sp³-hybridized carbons (Fsp3) is 0.400. The lowest BCUT2D eigenvalue weighted by molar-refractivity contribution is -0.126. The number of aliphatic imine (C=N–C) groups is 1. The quantitative estimate of drug-likeness (QED) is 0.913. The van der Waals surface area contributed by atoms with Gasteiger partial charge < -0.3 is 4.90 Å². The van der Waals surface area contributed by atoms with Crippen LogP contribution in [-0.4, -0.2) is 41.0 Å². The van der Waals surface area contributed by atoms with E-state index in [4.69, 9.17) is 0 Å². The van der Waals surface area contributed by atoms with Gasteiger partial charge >= 0.3 is 0 Å². The van der Waals surface area contributed by atoms with Gasteiger partial charge in [-0.25, -0.2) is 4.99 Å². The summed E-state index contributed by atoms with van der Waals surface area (Å²) in [4.78, 5) is 18.4. The van der Waals surface area contributed by atoms with Crippen molar-refractivity contribution in [2.24, 2.45) is 10.1 Å². The highest BCUT2D eigenvalue weighted by Crippen LogP contribution is 2.27. The Hall–Kier alpha value is -1.82. The van der Waals surface area contributed by atoms with Gasteiger partial charge in [0.2, 0.25) is 5.91 Å². The topological polar surface area (TPSA) is 57.1 Å². The summed E-state index contributed by atoms with van der Waals surface area (Å²) in [6.45, 7) is 5.90. The van der Waals surface area contributed by atoms with E-state index >= 15 is 0 Å². The summed E-state index contributed by atoms with van der Waals surface area (Å²) < 4.78 is 0. The maximum absolute atomic E-state index is 12.2. The Kier molecular flexibility index (Phi) is 4.67. The minimum atomic E-state index is -0.315. The highest BCUT2D eigenvalue weighted by molar-refractivity contribution is 8.15. The highest BCUT2D eigenvalue weighted by atomic mass is 32.2. The first kappa shape index (κ1) is 15.6. The molecule has 0 aromatic heterocycles. The molecule has 0 saturated heterocycles. The third-order valence-electron chi connectivity index (χ3n) is 3.25. The number of hydrogen-bond acceptors (Lipinski definition) is 4. The molecule has 1 aromatic carbocycles. The van der Waals surface area contributed by atoms with Crippen molar-refractivity contribution < 1.29 is 4.79 Å². The van der Waals surface area contributed by atoms with Gasteiger partial charge in [0, 0.05) is 14.1 Å². The molecule has 0 saturated carbocycles. The number of amides is 1. The summed E-state index contributed by atoms with van der Waals surface area (Å²) in [5, 5.41) is 4.55. The molecule has 0 unspecified atom stereocenters. The third-order valence-corrected chi connectivity index (χ3v) is 4.44. The van der Waals surface area contributed by atoms with Gasteiger partial charge in [-0.1, -0.05) is 30.0 Å². The molecular formula is C15H20N4OS. The minimum Gasteiger partial charge on any atom is -0.348 e. The molecule has 112 valence electrons. The Morgan fingerprint density at radius 3 is 2.48 bits per heavy atom. The van der Waals surface area contributed by atoms with Gasteiger partial charge in [-0.05, 0) is 31.9 Å². The molecule has 0 bridgehead atoms. The molecule has 5 nitrogen and oxygen atoms in total. The van der Waals surface area contributed by atoms with Gasteiger partial charge in [-0.15, -0.1) is 0 Å². The van der Waals surface area contributed by atoms with E-state index in [9.17, 15) is 4.79 Å². The molecule has 0 spiro atoms. The van der Waals surface area contributed by atoms with Crippen molar-refractivity contribution in [1.82, 2.24) is 10.3 Å². The zero-order valence-corrected chi connectivity index (χ0v) is 13.8. The van der Waals surface area contributed by atoms with E-state index in [2.05, 4.69) is 15.5 Å². The molecule has 1 heterocycles. The van der Waals surface area contributed by atoms with Crippen LogP contribution in [0.3, 0.4) is 0 Å². The number of para-hydroxylation sites is 1. The largest absolute Gasteiger partial charge is 0.348 e. The molecule has 6 heteroatoms. The third kappa shape index (κ3) is 3.44. The van der Waals surface area contributed by atoms with E-state index in [0.29, 0.717) is 5.17 Å². The average molecular weight is 304 g/mol. The maximum atomic E-state index is 12.2. The molecule has 1 amide bonds. The first-order chi connectivity index (χ1) is 9.90. The number of hydrogen-bond donors (Lipinski definition) is 1. The number of carbonyl (C=O) groups excluding carboxylic acids is 1. The normalized spacial score (nSPS) is 20.0. The summed E-state index contributed by atoms with van der Waals surface area (Å²) in [5.41, 5.74) is 6.82. The molecule has 1 atom stereocenters. The van der Waals surface area contributed by atoms with Crippen molar-refractivity contribution in [1.29, 1.82) is 0 Å². The minimum absolute atomic E-state index is 0.0250. The molecule has 0 aliphatic carbocycles. The van der Waals surface area contributed by atoms with Crippen LogP contribution >= 0.6 is 11.8 Å². The lowest BCUT2D eigenvalue weighted by atomic mass is 10.1. The molecule has 0 radical (unpaired) electrons. The summed E-state index contributed by atoms with van der Waals surface area (Å²) in [7, 11) is 3.50. The molecule has 1 aliphatic rings. The number of thioether (sulfide) groups is 1. The van der Waals surface area contributed by atoms with Crippen LogP contribution in [0.4, 0.5) is 5.69 Å². The summed E-state index contributed by atoms with van der Waals surface area (Å²) in [5.74, 6) is 0.0250. The van der Waals surface area contributed by atoms with Gasteiger partial charge in [0.05, 0.1) is 11.4 Å². The Bertz CT molecular complexity index is 602. The van der Waals surface area contributed by atoms with Crippen LogP contribution in [0.15, 0.2) is 28.3 Å². The molecule has 2 rings (SSSR count). The number of amidine groups is 1. The van der Waals surface area contributed by atoms with Crippen LogP contribution in [0, 0.1) is 13.8 Å². The Balaban J connectivity index is 2.31. The van der Waals surface area contributed by atoms with Crippen LogP contribution in [0.1, 0.15) is 18.1 Å².